The first-order valence-electron chi connectivity index (χ1n) is 9.80. The van der Waals surface area contributed by atoms with E-state index in [1.54, 1.807) is 24.3 Å². The van der Waals surface area contributed by atoms with Crippen molar-refractivity contribution in [2.75, 3.05) is 0 Å². The van der Waals surface area contributed by atoms with Gasteiger partial charge in [0.25, 0.3) is 10.0 Å². The van der Waals surface area contributed by atoms with Crippen molar-refractivity contribution in [2.24, 2.45) is 0 Å². The molecule has 1 aromatic heterocycles. The molecule has 0 amide bonds. The van der Waals surface area contributed by atoms with E-state index < -0.39 is 10.0 Å². The fourth-order valence-corrected chi connectivity index (χ4v) is 5.93. The highest BCUT2D eigenvalue weighted by molar-refractivity contribution is 7.90. The van der Waals surface area contributed by atoms with Gasteiger partial charge in [0, 0.05) is 10.8 Å². The highest BCUT2D eigenvalue weighted by atomic mass is 32.2. The minimum atomic E-state index is -3.74. The molecule has 0 unspecified atom stereocenters. The summed E-state index contributed by atoms with van der Waals surface area (Å²) in [4.78, 5) is 0.284. The number of aromatic nitrogens is 1. The number of fused-ring (bicyclic) bond motifs is 6. The van der Waals surface area contributed by atoms with Gasteiger partial charge in [0.15, 0.2) is 0 Å². The topological polar surface area (TPSA) is 39.1 Å². The SMILES string of the molecule is O=S(=O)(c1ccccc1)n1c2ccccc2c2cc3c(ccc4ccccc43)cc21. The van der Waals surface area contributed by atoms with Crippen LogP contribution in [0.1, 0.15) is 0 Å². The average molecular weight is 407 g/mol. The normalized spacial score (nSPS) is 12.3. The summed E-state index contributed by atoms with van der Waals surface area (Å²) in [5.74, 6) is 0. The van der Waals surface area contributed by atoms with Crippen molar-refractivity contribution >= 4 is 53.4 Å². The second kappa shape index (κ2) is 6.18. The molecule has 0 saturated carbocycles. The van der Waals surface area contributed by atoms with Gasteiger partial charge in [0.05, 0.1) is 15.9 Å². The number of para-hydroxylation sites is 1. The molecule has 0 spiro atoms. The fourth-order valence-electron chi connectivity index (χ4n) is 4.39. The van der Waals surface area contributed by atoms with Crippen molar-refractivity contribution in [1.82, 2.24) is 3.97 Å². The second-order valence-corrected chi connectivity index (χ2v) is 9.26. The summed E-state index contributed by atoms with van der Waals surface area (Å²) in [7, 11) is -3.74. The lowest BCUT2D eigenvalue weighted by Gasteiger charge is -2.10. The maximum Gasteiger partial charge on any atom is 0.268 e. The minimum absolute atomic E-state index is 0.284. The van der Waals surface area contributed by atoms with Gasteiger partial charge in [0.2, 0.25) is 0 Å². The van der Waals surface area contributed by atoms with Crippen molar-refractivity contribution in [1.29, 1.82) is 0 Å². The van der Waals surface area contributed by atoms with Gasteiger partial charge in [0.1, 0.15) is 0 Å². The fraction of sp³-hybridized carbons (Fsp3) is 0. The Labute approximate surface area is 173 Å². The van der Waals surface area contributed by atoms with Crippen LogP contribution in [0.15, 0.2) is 108 Å². The van der Waals surface area contributed by atoms with Gasteiger partial charge in [-0.2, -0.15) is 0 Å². The Hall–Kier alpha value is -3.63. The van der Waals surface area contributed by atoms with Gasteiger partial charge < -0.3 is 0 Å². The third-order valence-electron chi connectivity index (χ3n) is 5.77. The van der Waals surface area contributed by atoms with E-state index in [2.05, 4.69) is 30.3 Å². The Balaban J connectivity index is 1.81. The first-order valence-corrected chi connectivity index (χ1v) is 11.2. The van der Waals surface area contributed by atoms with Crippen LogP contribution in [-0.4, -0.2) is 12.4 Å². The third kappa shape index (κ3) is 2.34. The molecule has 0 N–H and O–H groups in total. The van der Waals surface area contributed by atoms with E-state index in [9.17, 15) is 8.42 Å². The summed E-state index contributed by atoms with van der Waals surface area (Å²) in [6.07, 6.45) is 0. The van der Waals surface area contributed by atoms with Crippen molar-refractivity contribution in [3.05, 3.63) is 103 Å². The molecule has 0 bridgehead atoms. The van der Waals surface area contributed by atoms with E-state index in [4.69, 9.17) is 0 Å². The molecule has 0 aliphatic heterocycles. The highest BCUT2D eigenvalue weighted by Gasteiger charge is 2.23. The van der Waals surface area contributed by atoms with E-state index in [0.717, 1.165) is 21.5 Å². The lowest BCUT2D eigenvalue weighted by Crippen LogP contribution is -2.12. The standard InChI is InChI=1S/C26H17NO2S/c28-30(29,20-9-2-1-3-10-20)27-25-13-7-6-12-22(25)24-17-23-19(16-26(24)27)15-14-18-8-4-5-11-21(18)23/h1-17H. The zero-order chi connectivity index (χ0) is 20.3. The van der Waals surface area contributed by atoms with Crippen molar-refractivity contribution in [3.63, 3.8) is 0 Å². The smallest absolute Gasteiger partial charge is 0.233 e. The molecule has 3 nitrogen and oxygen atoms in total. The number of benzene rings is 5. The van der Waals surface area contributed by atoms with Crippen molar-refractivity contribution in [3.8, 4) is 0 Å². The number of nitrogens with zero attached hydrogens (tertiary/aromatic N) is 1. The highest BCUT2D eigenvalue weighted by Crippen LogP contribution is 2.37. The molecule has 30 heavy (non-hydrogen) atoms. The van der Waals surface area contributed by atoms with Gasteiger partial charge in [-0.1, -0.05) is 72.8 Å². The Morgan fingerprint density at radius 2 is 1.17 bits per heavy atom. The van der Waals surface area contributed by atoms with Gasteiger partial charge >= 0.3 is 0 Å². The number of hydrogen-bond acceptors (Lipinski definition) is 2. The Bertz CT molecular complexity index is 1700. The van der Waals surface area contributed by atoms with E-state index in [-0.39, 0.29) is 4.90 Å². The molecule has 5 aromatic carbocycles. The first-order chi connectivity index (χ1) is 14.6. The molecule has 6 aromatic rings. The average Bonchev–Trinajstić information content (AvgIpc) is 3.12. The molecule has 0 aliphatic rings. The Morgan fingerprint density at radius 3 is 2.00 bits per heavy atom. The lowest BCUT2D eigenvalue weighted by molar-refractivity contribution is 0.590. The molecule has 0 aliphatic carbocycles. The molecule has 0 atom stereocenters. The number of rotatable bonds is 2. The molecule has 0 radical (unpaired) electrons. The molecule has 0 saturated heterocycles. The number of hydrogen-bond donors (Lipinski definition) is 0. The van der Waals surface area contributed by atoms with Gasteiger partial charge in [-0.15, -0.1) is 0 Å². The van der Waals surface area contributed by atoms with Crippen LogP contribution in [-0.2, 0) is 10.0 Å². The van der Waals surface area contributed by atoms with Crippen molar-refractivity contribution in [2.45, 2.75) is 4.90 Å². The molecule has 4 heteroatoms. The summed E-state index contributed by atoms with van der Waals surface area (Å²) < 4.78 is 28.8. The molecular formula is C26H17NO2S. The summed E-state index contributed by atoms with van der Waals surface area (Å²) in [5.41, 5.74) is 1.39. The summed E-state index contributed by atoms with van der Waals surface area (Å²) in [6.45, 7) is 0. The van der Waals surface area contributed by atoms with E-state index in [0.29, 0.717) is 11.0 Å². The van der Waals surface area contributed by atoms with E-state index >= 15 is 0 Å². The Morgan fingerprint density at radius 1 is 0.500 bits per heavy atom. The predicted molar refractivity (Wildman–Crippen MR) is 123 cm³/mol. The molecule has 6 rings (SSSR count). The Kier molecular flexibility index (Phi) is 3.55. The van der Waals surface area contributed by atoms with Crippen LogP contribution >= 0.6 is 0 Å². The zero-order valence-electron chi connectivity index (χ0n) is 16.0. The van der Waals surface area contributed by atoms with Crippen LogP contribution in [0.5, 0.6) is 0 Å². The van der Waals surface area contributed by atoms with Gasteiger partial charge in [-0.3, -0.25) is 0 Å². The molecule has 1 heterocycles. The summed E-state index contributed by atoms with van der Waals surface area (Å²) >= 11 is 0. The third-order valence-corrected chi connectivity index (χ3v) is 7.52. The maximum atomic E-state index is 13.6. The quantitative estimate of drug-likeness (QED) is 0.314. The molecular weight excluding hydrogens is 390 g/mol. The van der Waals surface area contributed by atoms with Gasteiger partial charge in [-0.05, 0) is 51.9 Å². The monoisotopic (exact) mass is 407 g/mol. The van der Waals surface area contributed by atoms with Crippen LogP contribution in [0, 0.1) is 0 Å². The van der Waals surface area contributed by atoms with Gasteiger partial charge in [-0.25, -0.2) is 12.4 Å². The first kappa shape index (κ1) is 17.2. The van der Waals surface area contributed by atoms with Crippen molar-refractivity contribution < 1.29 is 8.42 Å². The zero-order valence-corrected chi connectivity index (χ0v) is 16.8. The lowest BCUT2D eigenvalue weighted by atomic mass is 10.00. The van der Waals surface area contributed by atoms with E-state index in [1.165, 1.54) is 14.7 Å². The van der Waals surface area contributed by atoms with Crippen LogP contribution in [0.4, 0.5) is 0 Å². The largest absolute Gasteiger partial charge is 0.268 e. The van der Waals surface area contributed by atoms with Crippen LogP contribution in [0.3, 0.4) is 0 Å². The second-order valence-electron chi connectivity index (χ2n) is 7.48. The maximum absolute atomic E-state index is 13.6. The van der Waals surface area contributed by atoms with E-state index in [1.807, 2.05) is 48.5 Å². The molecule has 144 valence electrons. The van der Waals surface area contributed by atoms with Crippen LogP contribution in [0.25, 0.3) is 43.4 Å². The summed E-state index contributed by atoms with van der Waals surface area (Å²) in [6, 6.07) is 32.9. The predicted octanol–water partition coefficient (Wildman–Crippen LogP) is 6.34. The van der Waals surface area contributed by atoms with Crippen LogP contribution < -0.4 is 0 Å². The summed E-state index contributed by atoms with van der Waals surface area (Å²) in [5, 5.41) is 6.36. The molecule has 0 fully saturated rings. The minimum Gasteiger partial charge on any atom is -0.233 e. The van der Waals surface area contributed by atoms with Crippen LogP contribution in [0.2, 0.25) is 0 Å².